The van der Waals surface area contributed by atoms with Crippen LogP contribution in [0.15, 0.2) is 48.3 Å². The maximum Gasteiger partial charge on any atom is 0.332 e. The van der Waals surface area contributed by atoms with Crippen LogP contribution in [-0.4, -0.2) is 16.2 Å². The van der Waals surface area contributed by atoms with Crippen molar-refractivity contribution in [2.24, 2.45) is 0 Å². The van der Waals surface area contributed by atoms with Crippen LogP contribution >= 0.6 is 0 Å². The maximum atomic E-state index is 10.3. The molecule has 0 rings (SSSR count). The van der Waals surface area contributed by atoms with E-state index in [-0.39, 0.29) is 5.76 Å². The first-order chi connectivity index (χ1) is 11.2. The quantitative estimate of drug-likeness (QED) is 0.176. The molecule has 23 heavy (non-hydrogen) atoms. The second-order valence-corrected chi connectivity index (χ2v) is 5.70. The fourth-order valence-corrected chi connectivity index (χ4v) is 2.20. The van der Waals surface area contributed by atoms with E-state index in [1.165, 1.54) is 63.9 Å². The molecule has 0 aromatic carbocycles. The Labute approximate surface area is 141 Å². The smallest absolute Gasteiger partial charge is 0.332 e. The van der Waals surface area contributed by atoms with Crippen LogP contribution in [0, 0.1) is 0 Å². The van der Waals surface area contributed by atoms with Crippen molar-refractivity contribution in [2.45, 2.75) is 71.1 Å². The molecule has 3 nitrogen and oxygen atoms in total. The van der Waals surface area contributed by atoms with Gasteiger partial charge < -0.3 is 10.2 Å². The lowest BCUT2D eigenvalue weighted by Crippen LogP contribution is -1.89. The Morgan fingerprint density at radius 2 is 1.35 bits per heavy atom. The summed E-state index contributed by atoms with van der Waals surface area (Å²) in [5.41, 5.74) is 0. The number of unbranched alkanes of at least 4 members (excludes halogenated alkanes) is 9. The first-order valence-corrected chi connectivity index (χ1v) is 8.80. The van der Waals surface area contributed by atoms with Gasteiger partial charge in [-0.1, -0.05) is 88.7 Å². The van der Waals surface area contributed by atoms with Gasteiger partial charge in [0, 0.05) is 0 Å². The molecule has 0 fully saturated rings. The fraction of sp³-hybridized carbons (Fsp3) is 0.550. The van der Waals surface area contributed by atoms with E-state index in [0.29, 0.717) is 0 Å². The highest BCUT2D eigenvalue weighted by Gasteiger charge is 1.91. The van der Waals surface area contributed by atoms with Gasteiger partial charge in [0.05, 0.1) is 6.08 Å². The van der Waals surface area contributed by atoms with Crippen LogP contribution in [0.25, 0.3) is 0 Å². The van der Waals surface area contributed by atoms with Crippen LogP contribution in [0.1, 0.15) is 71.1 Å². The van der Waals surface area contributed by atoms with Gasteiger partial charge in [-0.15, -0.1) is 0 Å². The Bertz CT molecular complexity index is 403. The number of carboxylic acid groups (broad SMARTS) is 1. The number of carbonyl (C=O) groups is 1. The number of hydrogen-bond acceptors (Lipinski definition) is 2. The summed E-state index contributed by atoms with van der Waals surface area (Å²) in [4.78, 5) is 10.3. The highest BCUT2D eigenvalue weighted by Crippen LogP contribution is 2.10. The van der Waals surface area contributed by atoms with Gasteiger partial charge in [0.1, 0.15) is 5.76 Å². The minimum Gasteiger partial charge on any atom is -0.508 e. The zero-order chi connectivity index (χ0) is 17.2. The van der Waals surface area contributed by atoms with Crippen LogP contribution in [-0.2, 0) is 4.79 Å². The fourth-order valence-electron chi connectivity index (χ4n) is 2.20. The highest BCUT2D eigenvalue weighted by molar-refractivity contribution is 5.80. The number of hydrogen-bond donors (Lipinski definition) is 2. The van der Waals surface area contributed by atoms with Gasteiger partial charge in [-0.3, -0.25) is 0 Å². The summed E-state index contributed by atoms with van der Waals surface area (Å²) >= 11 is 0. The number of allylic oxidation sites excluding steroid dienone is 6. The third-order valence-corrected chi connectivity index (χ3v) is 3.48. The molecule has 0 saturated carbocycles. The minimum absolute atomic E-state index is 0.263. The molecule has 0 aliphatic rings. The molecule has 0 aromatic heterocycles. The lowest BCUT2D eigenvalue weighted by atomic mass is 10.1. The van der Waals surface area contributed by atoms with Crippen molar-refractivity contribution in [1.29, 1.82) is 0 Å². The van der Waals surface area contributed by atoms with Gasteiger partial charge in [0.15, 0.2) is 0 Å². The van der Waals surface area contributed by atoms with Crippen molar-refractivity contribution in [3.63, 3.8) is 0 Å². The molecule has 130 valence electrons. The largest absolute Gasteiger partial charge is 0.508 e. The monoisotopic (exact) mass is 320 g/mol. The molecular weight excluding hydrogens is 288 g/mol. The standard InChI is InChI=1S/C20H32O3/c1-2-3-4-5-6-7-8-9-10-11-12-13-14-15-16-17-19(21)18-20(22)23/h12-18,21H,2-11H2,1H3,(H,22,23)/b13-12+,15-14+,17-16+,19-18-. The van der Waals surface area contributed by atoms with Gasteiger partial charge in [-0.2, -0.15) is 0 Å². The van der Waals surface area contributed by atoms with E-state index in [9.17, 15) is 4.79 Å². The minimum atomic E-state index is -1.16. The van der Waals surface area contributed by atoms with Gasteiger partial charge in [0.25, 0.3) is 0 Å². The molecular formula is C20H32O3. The molecule has 0 amide bonds. The Hall–Kier alpha value is -1.77. The van der Waals surface area contributed by atoms with Crippen LogP contribution in [0.2, 0.25) is 0 Å². The summed E-state index contributed by atoms with van der Waals surface area (Å²) in [5, 5.41) is 17.6. The second-order valence-electron chi connectivity index (χ2n) is 5.70. The molecule has 0 unspecified atom stereocenters. The van der Waals surface area contributed by atoms with Crippen molar-refractivity contribution in [2.75, 3.05) is 0 Å². The first kappa shape index (κ1) is 21.2. The van der Waals surface area contributed by atoms with E-state index in [1.54, 1.807) is 12.2 Å². The number of aliphatic hydroxyl groups is 1. The van der Waals surface area contributed by atoms with E-state index in [4.69, 9.17) is 10.2 Å². The predicted molar refractivity (Wildman–Crippen MR) is 97.6 cm³/mol. The molecule has 0 radical (unpaired) electrons. The molecule has 0 spiro atoms. The summed E-state index contributed by atoms with van der Waals surface area (Å²) in [7, 11) is 0. The van der Waals surface area contributed by atoms with Gasteiger partial charge in [-0.05, 0) is 18.9 Å². The molecule has 0 bridgehead atoms. The lowest BCUT2D eigenvalue weighted by Gasteiger charge is -2.00. The zero-order valence-electron chi connectivity index (χ0n) is 14.4. The SMILES string of the molecule is CCCCCCCCCCC/C=C/C=C/C=C/C(O)=C/C(=O)O. The van der Waals surface area contributed by atoms with Crippen molar-refractivity contribution in [1.82, 2.24) is 0 Å². The Morgan fingerprint density at radius 1 is 0.783 bits per heavy atom. The molecule has 0 saturated heterocycles. The lowest BCUT2D eigenvalue weighted by molar-refractivity contribution is -0.131. The first-order valence-electron chi connectivity index (χ1n) is 8.80. The third kappa shape index (κ3) is 18.2. The maximum absolute atomic E-state index is 10.3. The van der Waals surface area contributed by atoms with Gasteiger partial charge in [0.2, 0.25) is 0 Å². The molecule has 0 aromatic rings. The van der Waals surface area contributed by atoms with E-state index >= 15 is 0 Å². The number of rotatable bonds is 14. The molecule has 0 atom stereocenters. The molecule has 0 heterocycles. The Kier molecular flexibility index (Phi) is 15.3. The molecule has 2 N–H and O–H groups in total. The molecule has 0 aliphatic carbocycles. The van der Waals surface area contributed by atoms with E-state index in [2.05, 4.69) is 13.0 Å². The summed E-state index contributed by atoms with van der Waals surface area (Å²) in [6, 6.07) is 0. The summed E-state index contributed by atoms with van der Waals surface area (Å²) in [6.45, 7) is 2.25. The Morgan fingerprint density at radius 3 is 1.96 bits per heavy atom. The number of carboxylic acids is 1. The highest BCUT2D eigenvalue weighted by atomic mass is 16.4. The normalized spacial score (nSPS) is 12.8. The van der Waals surface area contributed by atoms with Gasteiger partial charge >= 0.3 is 5.97 Å². The third-order valence-electron chi connectivity index (χ3n) is 3.48. The van der Waals surface area contributed by atoms with Crippen molar-refractivity contribution >= 4 is 5.97 Å². The van der Waals surface area contributed by atoms with Crippen molar-refractivity contribution in [3.05, 3.63) is 48.3 Å². The van der Waals surface area contributed by atoms with Gasteiger partial charge in [-0.25, -0.2) is 4.79 Å². The van der Waals surface area contributed by atoms with Crippen molar-refractivity contribution < 1.29 is 15.0 Å². The van der Waals surface area contributed by atoms with E-state index in [0.717, 1.165) is 12.5 Å². The Balaban J connectivity index is 3.49. The van der Waals surface area contributed by atoms with Crippen LogP contribution in [0.4, 0.5) is 0 Å². The van der Waals surface area contributed by atoms with Crippen LogP contribution in [0.5, 0.6) is 0 Å². The summed E-state index contributed by atoms with van der Waals surface area (Å²) in [5.74, 6) is -1.42. The topological polar surface area (TPSA) is 57.5 Å². The van der Waals surface area contributed by atoms with Crippen molar-refractivity contribution in [3.8, 4) is 0 Å². The predicted octanol–water partition coefficient (Wildman–Crippen LogP) is 6.10. The van der Waals surface area contributed by atoms with Crippen LogP contribution in [0.3, 0.4) is 0 Å². The molecule has 3 heteroatoms. The second kappa shape index (κ2) is 16.6. The zero-order valence-corrected chi connectivity index (χ0v) is 14.4. The summed E-state index contributed by atoms with van der Waals surface area (Å²) < 4.78 is 0. The van der Waals surface area contributed by atoms with Crippen LogP contribution < -0.4 is 0 Å². The number of aliphatic hydroxyl groups excluding tert-OH is 1. The summed E-state index contributed by atoms with van der Waals surface area (Å²) in [6.07, 6.45) is 24.7. The molecule has 0 aliphatic heterocycles. The average Bonchev–Trinajstić information content (AvgIpc) is 2.50. The van der Waals surface area contributed by atoms with E-state index < -0.39 is 5.97 Å². The average molecular weight is 320 g/mol. The number of aliphatic carboxylic acids is 1. The van der Waals surface area contributed by atoms with E-state index in [1.807, 2.05) is 12.2 Å².